The summed E-state index contributed by atoms with van der Waals surface area (Å²) in [5.41, 5.74) is 5.99. The van der Waals surface area contributed by atoms with E-state index in [0.717, 1.165) is 32.4 Å². The smallest absolute Gasteiger partial charge is 0.224 e. The minimum absolute atomic E-state index is 0.0460. The van der Waals surface area contributed by atoms with Crippen molar-refractivity contribution in [3.05, 3.63) is 0 Å². The molecule has 0 aliphatic carbocycles. The molecule has 0 spiro atoms. The normalized spacial score (nSPS) is 26.6. The van der Waals surface area contributed by atoms with Gasteiger partial charge in [0, 0.05) is 31.6 Å². The molecule has 1 amide bonds. The second kappa shape index (κ2) is 7.25. The van der Waals surface area contributed by atoms with Gasteiger partial charge in [0.25, 0.3) is 0 Å². The van der Waals surface area contributed by atoms with Gasteiger partial charge in [0.2, 0.25) is 5.91 Å². The van der Waals surface area contributed by atoms with Crippen LogP contribution in [0.1, 0.15) is 51.9 Å². The number of rotatable bonds is 5. The Morgan fingerprint density at radius 1 is 1.26 bits per heavy atom. The zero-order valence-corrected chi connectivity index (χ0v) is 12.3. The Bertz CT molecular complexity index is 289. The van der Waals surface area contributed by atoms with Gasteiger partial charge in [-0.1, -0.05) is 13.3 Å². The Kier molecular flexibility index (Phi) is 5.64. The second-order valence-electron chi connectivity index (χ2n) is 6.13. The molecule has 110 valence electrons. The first-order valence-electron chi connectivity index (χ1n) is 7.98. The number of nitrogens with zero attached hydrogens (tertiary/aromatic N) is 2. The molecule has 0 aromatic rings. The molecule has 0 aromatic carbocycles. The largest absolute Gasteiger partial charge is 0.341 e. The first-order chi connectivity index (χ1) is 9.20. The molecule has 2 saturated heterocycles. The van der Waals surface area contributed by atoms with E-state index in [1.165, 1.54) is 32.4 Å². The molecule has 19 heavy (non-hydrogen) atoms. The Morgan fingerprint density at radius 3 is 2.68 bits per heavy atom. The first-order valence-corrected chi connectivity index (χ1v) is 7.98. The predicted molar refractivity (Wildman–Crippen MR) is 77.9 cm³/mol. The zero-order chi connectivity index (χ0) is 13.7. The van der Waals surface area contributed by atoms with Gasteiger partial charge in [-0.05, 0) is 45.2 Å². The lowest BCUT2D eigenvalue weighted by molar-refractivity contribution is -0.133. The number of amides is 1. The van der Waals surface area contributed by atoms with Crippen LogP contribution in [0, 0.1) is 0 Å². The number of carbonyl (C=O) groups is 1. The Balaban J connectivity index is 1.80. The highest BCUT2D eigenvalue weighted by Crippen LogP contribution is 2.21. The van der Waals surface area contributed by atoms with Crippen LogP contribution in [0.2, 0.25) is 0 Å². The van der Waals surface area contributed by atoms with Crippen molar-refractivity contribution in [3.63, 3.8) is 0 Å². The van der Waals surface area contributed by atoms with E-state index in [1.807, 2.05) is 0 Å². The van der Waals surface area contributed by atoms with Crippen molar-refractivity contribution in [1.29, 1.82) is 0 Å². The lowest BCUT2D eigenvalue weighted by Gasteiger charge is -2.38. The number of carbonyl (C=O) groups excluding carboxylic acids is 1. The van der Waals surface area contributed by atoms with Crippen LogP contribution in [0.5, 0.6) is 0 Å². The van der Waals surface area contributed by atoms with Crippen molar-refractivity contribution in [3.8, 4) is 0 Å². The molecule has 0 saturated carbocycles. The van der Waals surface area contributed by atoms with E-state index in [2.05, 4.69) is 16.7 Å². The van der Waals surface area contributed by atoms with Crippen molar-refractivity contribution in [2.75, 3.05) is 26.2 Å². The monoisotopic (exact) mass is 267 g/mol. The average Bonchev–Trinajstić information content (AvgIpc) is 2.93. The molecule has 0 aromatic heterocycles. The molecule has 2 unspecified atom stereocenters. The van der Waals surface area contributed by atoms with Crippen molar-refractivity contribution >= 4 is 5.91 Å². The maximum Gasteiger partial charge on any atom is 0.224 e. The van der Waals surface area contributed by atoms with Gasteiger partial charge in [-0.25, -0.2) is 0 Å². The number of likely N-dealkylation sites (tertiary alicyclic amines) is 2. The Hall–Kier alpha value is -0.610. The van der Waals surface area contributed by atoms with E-state index >= 15 is 0 Å². The molecule has 2 aliphatic rings. The molecule has 2 atom stereocenters. The highest BCUT2D eigenvalue weighted by Gasteiger charge is 2.29. The molecule has 2 heterocycles. The summed E-state index contributed by atoms with van der Waals surface area (Å²) >= 11 is 0. The van der Waals surface area contributed by atoms with Gasteiger partial charge in [-0.2, -0.15) is 0 Å². The fourth-order valence-electron chi connectivity index (χ4n) is 3.41. The fourth-order valence-corrected chi connectivity index (χ4v) is 3.41. The quantitative estimate of drug-likeness (QED) is 0.823. The summed E-state index contributed by atoms with van der Waals surface area (Å²) in [5.74, 6) is 0.268. The van der Waals surface area contributed by atoms with E-state index in [-0.39, 0.29) is 11.9 Å². The summed E-state index contributed by atoms with van der Waals surface area (Å²) in [6, 6.07) is 0.646. The average molecular weight is 267 g/mol. The molecule has 0 radical (unpaired) electrons. The number of nitrogens with two attached hydrogens (primary N) is 1. The number of hydrogen-bond acceptors (Lipinski definition) is 3. The molecule has 2 fully saturated rings. The molecule has 4 heteroatoms. The molecular weight excluding hydrogens is 238 g/mol. The number of piperidine rings is 1. The maximum atomic E-state index is 12.3. The van der Waals surface area contributed by atoms with Crippen LogP contribution in [0.25, 0.3) is 0 Å². The molecule has 0 bridgehead atoms. The third-order valence-corrected chi connectivity index (χ3v) is 4.50. The maximum absolute atomic E-state index is 12.3. The van der Waals surface area contributed by atoms with E-state index in [0.29, 0.717) is 12.5 Å². The van der Waals surface area contributed by atoms with Crippen LogP contribution < -0.4 is 5.73 Å². The van der Waals surface area contributed by atoms with Crippen molar-refractivity contribution in [2.24, 2.45) is 5.73 Å². The standard InChI is InChI=1S/C15H29N3O/c1-2-6-13(16)11-15(19)18-10-5-7-14(12-18)17-8-3-4-9-17/h13-14H,2-12,16H2,1H3. The third-order valence-electron chi connectivity index (χ3n) is 4.50. The van der Waals surface area contributed by atoms with Crippen LogP contribution in [0.3, 0.4) is 0 Å². The summed E-state index contributed by atoms with van der Waals surface area (Å²) in [7, 11) is 0. The van der Waals surface area contributed by atoms with Gasteiger partial charge in [-0.15, -0.1) is 0 Å². The third kappa shape index (κ3) is 4.18. The van der Waals surface area contributed by atoms with Crippen molar-refractivity contribution < 1.29 is 4.79 Å². The van der Waals surface area contributed by atoms with E-state index in [1.54, 1.807) is 0 Å². The van der Waals surface area contributed by atoms with Gasteiger partial charge >= 0.3 is 0 Å². The Morgan fingerprint density at radius 2 is 2.00 bits per heavy atom. The van der Waals surface area contributed by atoms with Gasteiger partial charge in [-0.3, -0.25) is 9.69 Å². The van der Waals surface area contributed by atoms with Crippen LogP contribution in [-0.2, 0) is 4.79 Å². The van der Waals surface area contributed by atoms with Gasteiger partial charge in [0.1, 0.15) is 0 Å². The van der Waals surface area contributed by atoms with Crippen LogP contribution in [0.15, 0.2) is 0 Å². The fraction of sp³-hybridized carbons (Fsp3) is 0.933. The summed E-state index contributed by atoms with van der Waals surface area (Å²) in [5, 5.41) is 0. The molecule has 4 nitrogen and oxygen atoms in total. The minimum atomic E-state index is 0.0460. The molecule has 2 rings (SSSR count). The first kappa shape index (κ1) is 14.8. The number of hydrogen-bond donors (Lipinski definition) is 1. The SMILES string of the molecule is CCCC(N)CC(=O)N1CCCC(N2CCCC2)C1. The van der Waals surface area contributed by atoms with Crippen LogP contribution in [-0.4, -0.2) is 54.0 Å². The van der Waals surface area contributed by atoms with E-state index < -0.39 is 0 Å². The zero-order valence-electron chi connectivity index (χ0n) is 12.3. The molecular formula is C15H29N3O. The topological polar surface area (TPSA) is 49.6 Å². The van der Waals surface area contributed by atoms with Crippen LogP contribution >= 0.6 is 0 Å². The van der Waals surface area contributed by atoms with Gasteiger partial charge < -0.3 is 10.6 Å². The van der Waals surface area contributed by atoms with E-state index in [9.17, 15) is 4.79 Å². The lowest BCUT2D eigenvalue weighted by atomic mass is 10.0. The molecule has 2 aliphatic heterocycles. The second-order valence-corrected chi connectivity index (χ2v) is 6.13. The van der Waals surface area contributed by atoms with Crippen molar-refractivity contribution in [1.82, 2.24) is 9.80 Å². The summed E-state index contributed by atoms with van der Waals surface area (Å²) < 4.78 is 0. The lowest BCUT2D eigenvalue weighted by Crippen LogP contribution is -2.49. The summed E-state index contributed by atoms with van der Waals surface area (Å²) in [4.78, 5) is 16.9. The Labute approximate surface area is 117 Å². The minimum Gasteiger partial charge on any atom is -0.341 e. The molecule has 2 N–H and O–H groups in total. The summed E-state index contributed by atoms with van der Waals surface area (Å²) in [6.45, 7) is 6.43. The van der Waals surface area contributed by atoms with E-state index in [4.69, 9.17) is 5.73 Å². The highest BCUT2D eigenvalue weighted by molar-refractivity contribution is 5.77. The summed E-state index contributed by atoms with van der Waals surface area (Å²) in [6.07, 6.45) is 7.60. The predicted octanol–water partition coefficient (Wildman–Crippen LogP) is 1.59. The van der Waals surface area contributed by atoms with Gasteiger partial charge in [0.05, 0.1) is 0 Å². The highest BCUT2D eigenvalue weighted by atomic mass is 16.2. The van der Waals surface area contributed by atoms with Gasteiger partial charge in [0.15, 0.2) is 0 Å². The van der Waals surface area contributed by atoms with Crippen LogP contribution in [0.4, 0.5) is 0 Å². The van der Waals surface area contributed by atoms with Crippen molar-refractivity contribution in [2.45, 2.75) is 64.0 Å².